The Labute approximate surface area is 164 Å². The molecular weight excluding hydrogens is 372 g/mol. The smallest absolute Gasteiger partial charge is 0.170 e. The van der Waals surface area contributed by atoms with Crippen LogP contribution in [0.2, 0.25) is 5.02 Å². The van der Waals surface area contributed by atoms with Crippen LogP contribution in [0.15, 0.2) is 53.4 Å². The number of hydrogen-bond donors (Lipinski definition) is 2. The quantitative estimate of drug-likeness (QED) is 0.459. The van der Waals surface area contributed by atoms with E-state index in [2.05, 4.69) is 17.6 Å². The van der Waals surface area contributed by atoms with Gasteiger partial charge in [0.1, 0.15) is 5.75 Å². The van der Waals surface area contributed by atoms with E-state index in [0.717, 1.165) is 28.8 Å². The van der Waals surface area contributed by atoms with Crippen molar-refractivity contribution in [3.63, 3.8) is 0 Å². The topological polar surface area (TPSA) is 33.3 Å². The van der Waals surface area contributed by atoms with E-state index in [-0.39, 0.29) is 0 Å². The molecule has 2 N–H and O–H groups in total. The third-order valence-electron chi connectivity index (χ3n) is 3.39. The SMILES string of the molecule is CCOc1ccccc1NC(=S)NC[C@@H](C)CSc1ccc(Cl)cc1. The molecule has 0 amide bonds. The number of hydrogen-bond acceptors (Lipinski definition) is 3. The molecule has 2 aromatic carbocycles. The summed E-state index contributed by atoms with van der Waals surface area (Å²) < 4.78 is 5.60. The van der Waals surface area contributed by atoms with Crippen molar-refractivity contribution >= 4 is 46.4 Å². The molecule has 0 saturated heterocycles. The second kappa shape index (κ2) is 10.5. The van der Waals surface area contributed by atoms with Gasteiger partial charge < -0.3 is 15.4 Å². The zero-order chi connectivity index (χ0) is 18.1. The summed E-state index contributed by atoms with van der Waals surface area (Å²) in [5.74, 6) is 2.29. The fraction of sp³-hybridized carbons (Fsp3) is 0.316. The largest absolute Gasteiger partial charge is 0.492 e. The van der Waals surface area contributed by atoms with E-state index in [9.17, 15) is 0 Å². The van der Waals surface area contributed by atoms with Gasteiger partial charge in [0.05, 0.1) is 12.3 Å². The molecule has 0 radical (unpaired) electrons. The van der Waals surface area contributed by atoms with Crippen LogP contribution < -0.4 is 15.4 Å². The highest BCUT2D eigenvalue weighted by atomic mass is 35.5. The van der Waals surface area contributed by atoms with E-state index in [1.807, 2.05) is 67.2 Å². The third kappa shape index (κ3) is 7.14. The van der Waals surface area contributed by atoms with Crippen molar-refractivity contribution in [1.82, 2.24) is 5.32 Å². The van der Waals surface area contributed by atoms with E-state index in [1.54, 1.807) is 0 Å². The maximum atomic E-state index is 5.91. The number of halogens is 1. The number of rotatable bonds is 8. The molecule has 0 aliphatic rings. The minimum atomic E-state index is 0.475. The second-order valence-corrected chi connectivity index (χ2v) is 7.57. The molecule has 134 valence electrons. The number of benzene rings is 2. The van der Waals surface area contributed by atoms with E-state index in [0.29, 0.717) is 17.6 Å². The van der Waals surface area contributed by atoms with Gasteiger partial charge in [-0.2, -0.15) is 0 Å². The maximum Gasteiger partial charge on any atom is 0.170 e. The van der Waals surface area contributed by atoms with Crippen molar-refractivity contribution in [2.45, 2.75) is 18.7 Å². The molecule has 0 saturated carbocycles. The predicted molar refractivity (Wildman–Crippen MR) is 113 cm³/mol. The lowest BCUT2D eigenvalue weighted by Gasteiger charge is -2.16. The highest BCUT2D eigenvalue weighted by molar-refractivity contribution is 7.99. The van der Waals surface area contributed by atoms with Crippen molar-refractivity contribution in [3.8, 4) is 5.75 Å². The molecule has 0 heterocycles. The van der Waals surface area contributed by atoms with Gasteiger partial charge in [0.25, 0.3) is 0 Å². The van der Waals surface area contributed by atoms with Gasteiger partial charge in [-0.1, -0.05) is 30.7 Å². The minimum Gasteiger partial charge on any atom is -0.492 e. The van der Waals surface area contributed by atoms with Crippen molar-refractivity contribution in [2.75, 3.05) is 24.2 Å². The molecule has 0 bridgehead atoms. The average Bonchev–Trinajstić information content (AvgIpc) is 2.61. The Balaban J connectivity index is 1.74. The Hall–Kier alpha value is -1.43. The Kier molecular flexibility index (Phi) is 8.38. The van der Waals surface area contributed by atoms with E-state index in [1.165, 1.54) is 4.90 Å². The number of thioether (sulfide) groups is 1. The van der Waals surface area contributed by atoms with Crippen LogP contribution in [0.1, 0.15) is 13.8 Å². The fourth-order valence-corrected chi connectivity index (χ4v) is 3.36. The highest BCUT2D eigenvalue weighted by Crippen LogP contribution is 2.24. The standard InChI is InChI=1S/C19H23ClN2OS2/c1-3-23-18-7-5-4-6-17(18)22-19(24)21-12-14(2)13-25-16-10-8-15(20)9-11-16/h4-11,14H,3,12-13H2,1-2H3,(H2,21,22,24)/t14-/m1/s1. The molecule has 0 aromatic heterocycles. The molecule has 0 aliphatic carbocycles. The van der Waals surface area contributed by atoms with Gasteiger partial charge in [0.15, 0.2) is 5.11 Å². The number of nitrogens with one attached hydrogen (secondary N) is 2. The first kappa shape index (κ1) is 19.9. The zero-order valence-electron chi connectivity index (χ0n) is 14.4. The molecule has 6 heteroatoms. The van der Waals surface area contributed by atoms with Crippen LogP contribution in [0.5, 0.6) is 5.75 Å². The van der Waals surface area contributed by atoms with Crippen LogP contribution in [0.25, 0.3) is 0 Å². The Bertz CT molecular complexity index is 679. The molecule has 0 aliphatic heterocycles. The average molecular weight is 395 g/mol. The van der Waals surface area contributed by atoms with E-state index >= 15 is 0 Å². The van der Waals surface area contributed by atoms with Gasteiger partial charge in [0.2, 0.25) is 0 Å². The minimum absolute atomic E-state index is 0.475. The van der Waals surface area contributed by atoms with Gasteiger partial charge in [-0.25, -0.2) is 0 Å². The van der Waals surface area contributed by atoms with Gasteiger partial charge in [-0.3, -0.25) is 0 Å². The Morgan fingerprint density at radius 3 is 2.64 bits per heavy atom. The molecule has 0 unspecified atom stereocenters. The Morgan fingerprint density at radius 2 is 1.92 bits per heavy atom. The molecule has 25 heavy (non-hydrogen) atoms. The third-order valence-corrected chi connectivity index (χ3v) is 5.23. The molecule has 0 spiro atoms. The molecule has 3 nitrogen and oxygen atoms in total. The monoisotopic (exact) mass is 394 g/mol. The van der Waals surface area contributed by atoms with Gasteiger partial charge in [-0.05, 0) is 61.5 Å². The van der Waals surface area contributed by atoms with Crippen molar-refractivity contribution in [2.24, 2.45) is 5.92 Å². The van der Waals surface area contributed by atoms with Crippen LogP contribution in [0.4, 0.5) is 5.69 Å². The normalized spacial score (nSPS) is 11.6. The van der Waals surface area contributed by atoms with Crippen LogP contribution in [-0.2, 0) is 0 Å². The first-order chi connectivity index (χ1) is 12.1. The summed E-state index contributed by atoms with van der Waals surface area (Å²) in [5.41, 5.74) is 0.880. The van der Waals surface area contributed by atoms with Crippen LogP contribution >= 0.6 is 35.6 Å². The number of para-hydroxylation sites is 2. The number of thiocarbonyl (C=S) groups is 1. The summed E-state index contributed by atoms with van der Waals surface area (Å²) in [4.78, 5) is 1.22. The van der Waals surface area contributed by atoms with E-state index in [4.69, 9.17) is 28.6 Å². The highest BCUT2D eigenvalue weighted by Gasteiger charge is 2.07. The first-order valence-electron chi connectivity index (χ1n) is 8.23. The van der Waals surface area contributed by atoms with Gasteiger partial charge >= 0.3 is 0 Å². The number of anilines is 1. The molecule has 2 rings (SSSR count). The number of ether oxygens (including phenoxy) is 1. The molecular formula is C19H23ClN2OS2. The summed E-state index contributed by atoms with van der Waals surface area (Å²) in [7, 11) is 0. The summed E-state index contributed by atoms with van der Waals surface area (Å²) in [6, 6.07) is 15.7. The van der Waals surface area contributed by atoms with Crippen molar-refractivity contribution in [1.29, 1.82) is 0 Å². The van der Waals surface area contributed by atoms with Crippen LogP contribution in [0.3, 0.4) is 0 Å². The molecule has 2 aromatic rings. The van der Waals surface area contributed by atoms with Crippen molar-refractivity contribution in [3.05, 3.63) is 53.6 Å². The summed E-state index contributed by atoms with van der Waals surface area (Å²) >= 11 is 13.1. The maximum absolute atomic E-state index is 5.91. The fourth-order valence-electron chi connectivity index (χ4n) is 2.11. The Morgan fingerprint density at radius 1 is 1.20 bits per heavy atom. The molecule has 1 atom stereocenters. The summed E-state index contributed by atoms with van der Waals surface area (Å²) in [5, 5.41) is 7.85. The summed E-state index contributed by atoms with van der Waals surface area (Å²) in [6.45, 7) is 5.60. The zero-order valence-corrected chi connectivity index (χ0v) is 16.8. The van der Waals surface area contributed by atoms with Crippen LogP contribution in [-0.4, -0.2) is 24.0 Å². The molecule has 0 fully saturated rings. The lowest BCUT2D eigenvalue weighted by atomic mass is 10.2. The van der Waals surface area contributed by atoms with Crippen LogP contribution in [0, 0.1) is 5.92 Å². The second-order valence-electron chi connectivity index (χ2n) is 5.63. The first-order valence-corrected chi connectivity index (χ1v) is 10.0. The lowest BCUT2D eigenvalue weighted by molar-refractivity contribution is 0.342. The lowest BCUT2D eigenvalue weighted by Crippen LogP contribution is -2.32. The van der Waals surface area contributed by atoms with E-state index < -0.39 is 0 Å². The summed E-state index contributed by atoms with van der Waals surface area (Å²) in [6.07, 6.45) is 0. The predicted octanol–water partition coefficient (Wildman–Crippen LogP) is 5.45. The van der Waals surface area contributed by atoms with Gasteiger partial charge in [-0.15, -0.1) is 11.8 Å². The van der Waals surface area contributed by atoms with Gasteiger partial charge in [0, 0.05) is 22.2 Å². The van der Waals surface area contributed by atoms with Crippen molar-refractivity contribution < 1.29 is 4.74 Å².